The molecule has 0 fully saturated rings. The van der Waals surface area contributed by atoms with Gasteiger partial charge < -0.3 is 9.84 Å². The number of rotatable bonds is 7. The van der Waals surface area contributed by atoms with Crippen LogP contribution < -0.4 is 4.74 Å². The van der Waals surface area contributed by atoms with Crippen LogP contribution in [0.2, 0.25) is 0 Å². The Bertz CT molecular complexity index is 948. The van der Waals surface area contributed by atoms with E-state index >= 15 is 0 Å². The molecule has 2 aromatic rings. The van der Waals surface area contributed by atoms with Crippen LogP contribution in [0.1, 0.15) is 47.9 Å². The predicted molar refractivity (Wildman–Crippen MR) is 106 cm³/mol. The molecule has 0 amide bonds. The summed E-state index contributed by atoms with van der Waals surface area (Å²) in [6, 6.07) is 3.65. The first kappa shape index (κ1) is 21.0. The number of carboxylic acid groups (broad SMARTS) is 1. The molecule has 0 spiro atoms. The number of aryl methyl sites for hydroxylation is 2. The number of carboxylic acids is 1. The molecule has 0 saturated carbocycles. The van der Waals surface area contributed by atoms with Crippen molar-refractivity contribution in [3.63, 3.8) is 0 Å². The van der Waals surface area contributed by atoms with Crippen molar-refractivity contribution < 1.29 is 23.4 Å². The van der Waals surface area contributed by atoms with E-state index in [0.717, 1.165) is 27.8 Å². The van der Waals surface area contributed by atoms with Gasteiger partial charge in [0.15, 0.2) is 0 Å². The highest BCUT2D eigenvalue weighted by Crippen LogP contribution is 2.41. The maximum Gasteiger partial charge on any atom is 0.303 e. The molecule has 0 radical (unpaired) electrons. The molecule has 0 unspecified atom stereocenters. The molecule has 5 nitrogen and oxygen atoms in total. The number of halogens is 2. The normalized spacial score (nSPS) is 16.2. The summed E-state index contributed by atoms with van der Waals surface area (Å²) < 4.78 is 35.7. The lowest BCUT2D eigenvalue weighted by Crippen LogP contribution is -2.24. The quantitative estimate of drug-likeness (QED) is 0.726. The van der Waals surface area contributed by atoms with Crippen LogP contribution in [0.15, 0.2) is 30.1 Å². The summed E-state index contributed by atoms with van der Waals surface area (Å²) >= 11 is 0. The predicted octanol–water partition coefficient (Wildman–Crippen LogP) is 4.71. The van der Waals surface area contributed by atoms with E-state index < -0.39 is 11.9 Å². The highest BCUT2D eigenvalue weighted by molar-refractivity contribution is 5.69. The molecule has 0 saturated heterocycles. The molecular formula is C22H26F2N2O3. The van der Waals surface area contributed by atoms with Crippen molar-refractivity contribution in [1.82, 2.24) is 9.78 Å². The molecule has 1 aromatic heterocycles. The zero-order chi connectivity index (χ0) is 21.2. The second-order valence-corrected chi connectivity index (χ2v) is 7.67. The van der Waals surface area contributed by atoms with Gasteiger partial charge in [-0.3, -0.25) is 9.48 Å². The van der Waals surface area contributed by atoms with E-state index in [0.29, 0.717) is 24.2 Å². The fourth-order valence-corrected chi connectivity index (χ4v) is 3.74. The van der Waals surface area contributed by atoms with Crippen LogP contribution in [-0.2, 0) is 18.3 Å². The average Bonchev–Trinajstić information content (AvgIpc) is 3.07. The van der Waals surface area contributed by atoms with E-state index in [1.807, 2.05) is 26.1 Å². The minimum absolute atomic E-state index is 0.0664. The molecule has 7 heteroatoms. The van der Waals surface area contributed by atoms with Crippen LogP contribution in [0.25, 0.3) is 5.57 Å². The van der Waals surface area contributed by atoms with Crippen LogP contribution in [0.5, 0.6) is 5.75 Å². The van der Waals surface area contributed by atoms with E-state index in [-0.39, 0.29) is 25.9 Å². The van der Waals surface area contributed by atoms with Gasteiger partial charge >= 0.3 is 5.97 Å². The van der Waals surface area contributed by atoms with Gasteiger partial charge in [-0.25, -0.2) is 8.78 Å². The van der Waals surface area contributed by atoms with Crippen molar-refractivity contribution in [1.29, 1.82) is 0 Å². The number of nitrogens with zero attached hydrogens (tertiary/aromatic N) is 2. The van der Waals surface area contributed by atoms with E-state index in [2.05, 4.69) is 5.10 Å². The van der Waals surface area contributed by atoms with Crippen LogP contribution in [-0.4, -0.2) is 33.4 Å². The van der Waals surface area contributed by atoms with E-state index in [1.54, 1.807) is 24.0 Å². The lowest BCUT2D eigenvalue weighted by Gasteiger charge is -2.27. The Labute approximate surface area is 169 Å². The van der Waals surface area contributed by atoms with E-state index in [1.165, 1.54) is 0 Å². The smallest absolute Gasteiger partial charge is 0.303 e. The zero-order valence-corrected chi connectivity index (χ0v) is 17.0. The van der Waals surface area contributed by atoms with Gasteiger partial charge in [0.1, 0.15) is 12.4 Å². The third kappa shape index (κ3) is 5.02. The second-order valence-electron chi connectivity index (χ2n) is 7.67. The van der Waals surface area contributed by atoms with Crippen LogP contribution in [0, 0.1) is 13.8 Å². The van der Waals surface area contributed by atoms with Crippen molar-refractivity contribution in [2.45, 2.75) is 51.9 Å². The first-order chi connectivity index (χ1) is 13.7. The minimum atomic E-state index is -2.73. The van der Waals surface area contributed by atoms with Crippen LogP contribution >= 0.6 is 0 Å². The summed E-state index contributed by atoms with van der Waals surface area (Å²) in [6.07, 6.45) is 3.87. The first-order valence-corrected chi connectivity index (χ1v) is 9.68. The topological polar surface area (TPSA) is 64.3 Å². The molecule has 0 atom stereocenters. The fraction of sp³-hybridized carbons (Fsp3) is 0.455. The lowest BCUT2D eigenvalue weighted by atomic mass is 9.86. The largest absolute Gasteiger partial charge is 0.489 e. The molecular weight excluding hydrogens is 378 g/mol. The van der Waals surface area contributed by atoms with Crippen LogP contribution in [0.4, 0.5) is 8.78 Å². The SMILES string of the molecule is Cc1c(CCC(=O)O)ccc(OCC2=C(c3cnn(C)c3)CCC(F)(F)C2)c1C. The molecule has 0 bridgehead atoms. The van der Waals surface area contributed by atoms with Crippen molar-refractivity contribution in [2.24, 2.45) is 7.05 Å². The number of benzene rings is 1. The Kier molecular flexibility index (Phi) is 6.05. The lowest BCUT2D eigenvalue weighted by molar-refractivity contribution is -0.136. The summed E-state index contributed by atoms with van der Waals surface area (Å²) in [6.45, 7) is 3.92. The third-order valence-electron chi connectivity index (χ3n) is 5.55. The molecule has 0 aliphatic heterocycles. The molecule has 1 heterocycles. The number of allylic oxidation sites excluding steroid dienone is 1. The van der Waals surface area contributed by atoms with Crippen molar-refractivity contribution in [2.75, 3.05) is 6.61 Å². The number of hydrogen-bond acceptors (Lipinski definition) is 3. The second kappa shape index (κ2) is 8.35. The summed E-state index contributed by atoms with van der Waals surface area (Å²) in [7, 11) is 1.80. The summed E-state index contributed by atoms with van der Waals surface area (Å²) in [5.41, 5.74) is 5.17. The van der Waals surface area contributed by atoms with E-state index in [4.69, 9.17) is 9.84 Å². The maximum atomic E-state index is 14.1. The number of aromatic nitrogens is 2. The Hall–Kier alpha value is -2.70. The number of hydrogen-bond donors (Lipinski definition) is 1. The van der Waals surface area contributed by atoms with Crippen LogP contribution in [0.3, 0.4) is 0 Å². The number of alkyl halides is 2. The number of carbonyl (C=O) groups is 1. The van der Waals surface area contributed by atoms with Gasteiger partial charge in [0.05, 0.1) is 6.20 Å². The van der Waals surface area contributed by atoms with Crippen molar-refractivity contribution in [3.8, 4) is 5.75 Å². The minimum Gasteiger partial charge on any atom is -0.489 e. The van der Waals surface area contributed by atoms with Crippen molar-refractivity contribution in [3.05, 3.63) is 52.4 Å². The Balaban J connectivity index is 1.81. The van der Waals surface area contributed by atoms with Gasteiger partial charge in [0.25, 0.3) is 5.92 Å². The monoisotopic (exact) mass is 404 g/mol. The summed E-state index contributed by atoms with van der Waals surface area (Å²) in [5.74, 6) is -2.93. The summed E-state index contributed by atoms with van der Waals surface area (Å²) in [4.78, 5) is 10.8. The average molecular weight is 404 g/mol. The third-order valence-corrected chi connectivity index (χ3v) is 5.55. The Morgan fingerprint density at radius 3 is 2.72 bits per heavy atom. The Morgan fingerprint density at radius 1 is 1.31 bits per heavy atom. The van der Waals surface area contributed by atoms with Gasteiger partial charge in [-0.2, -0.15) is 5.10 Å². The fourth-order valence-electron chi connectivity index (χ4n) is 3.74. The highest BCUT2D eigenvalue weighted by atomic mass is 19.3. The van der Waals surface area contributed by atoms with Gasteiger partial charge in [-0.05, 0) is 60.6 Å². The molecule has 1 aliphatic rings. The molecule has 156 valence electrons. The molecule has 1 aliphatic carbocycles. The molecule has 1 N–H and O–H groups in total. The number of aliphatic carboxylic acids is 1. The Morgan fingerprint density at radius 2 is 2.07 bits per heavy atom. The molecule has 3 rings (SSSR count). The standard InChI is InChI=1S/C22H26F2N2O3/c1-14-15(2)20(6-4-16(14)5-7-21(27)28)29-13-17-10-22(23,24)9-8-19(17)18-11-25-26(3)12-18/h4,6,11-12H,5,7-10,13H2,1-3H3,(H,27,28). The summed E-state index contributed by atoms with van der Waals surface area (Å²) in [5, 5.41) is 13.0. The first-order valence-electron chi connectivity index (χ1n) is 9.68. The number of ether oxygens (including phenoxy) is 1. The van der Waals surface area contributed by atoms with Crippen molar-refractivity contribution >= 4 is 11.5 Å². The highest BCUT2D eigenvalue weighted by Gasteiger charge is 2.36. The van der Waals surface area contributed by atoms with Gasteiger partial charge in [-0.15, -0.1) is 0 Å². The van der Waals surface area contributed by atoms with Gasteiger partial charge in [0, 0.05) is 38.1 Å². The zero-order valence-electron chi connectivity index (χ0n) is 17.0. The van der Waals surface area contributed by atoms with E-state index in [9.17, 15) is 13.6 Å². The van der Waals surface area contributed by atoms with Gasteiger partial charge in [0.2, 0.25) is 0 Å². The van der Waals surface area contributed by atoms with Gasteiger partial charge in [-0.1, -0.05) is 6.07 Å². The maximum absolute atomic E-state index is 14.1. The molecule has 29 heavy (non-hydrogen) atoms. The molecule has 1 aromatic carbocycles.